The fourth-order valence-electron chi connectivity index (χ4n) is 3.39. The smallest absolute Gasteiger partial charge is 0.286 e. The van der Waals surface area contributed by atoms with Gasteiger partial charge in [0, 0.05) is 30.6 Å². The third-order valence-electron chi connectivity index (χ3n) is 4.86. The normalized spacial score (nSPS) is 11.7. The molecule has 0 unspecified atom stereocenters. The highest BCUT2D eigenvalue weighted by Gasteiger charge is 2.21. The molecule has 3 heterocycles. The minimum Gasteiger partial charge on any atom is -0.449 e. The van der Waals surface area contributed by atoms with Crippen LogP contribution in [0.2, 0.25) is 5.28 Å². The summed E-state index contributed by atoms with van der Waals surface area (Å²) in [5, 5.41) is 17.6. The van der Waals surface area contributed by atoms with Gasteiger partial charge in [-0.05, 0) is 50.1 Å². The van der Waals surface area contributed by atoms with Gasteiger partial charge in [-0.1, -0.05) is 6.92 Å². The number of hydrogen-bond acceptors (Lipinski definition) is 9. The Morgan fingerprint density at radius 2 is 1.97 bits per heavy atom. The largest absolute Gasteiger partial charge is 0.449 e. The van der Waals surface area contributed by atoms with E-state index in [1.165, 1.54) is 0 Å². The van der Waals surface area contributed by atoms with E-state index in [0.29, 0.717) is 29.1 Å². The van der Waals surface area contributed by atoms with E-state index in [1.807, 2.05) is 13.0 Å². The Kier molecular flexibility index (Phi) is 6.45. The number of ether oxygens (including phenoxy) is 1. The van der Waals surface area contributed by atoms with Crippen LogP contribution in [0.3, 0.4) is 0 Å². The number of hydrogen-bond donors (Lipinski definition) is 4. The standard InChI is InChI=1S/C23H25ClN6O4/c1-4-9-26-19-18-12-5-8-16(28-13(12)6-7-14(18)33-20(19)21(25)31)34-17-10-15(29-22(24)30-17)27-11-23(2,3)32/h5-8,10,26,32H,4,9,11H2,1-3H3,(H2,25,31)(H,27,29,30). The first-order valence-electron chi connectivity index (χ1n) is 10.7. The molecule has 4 rings (SSSR count). The molecule has 0 spiro atoms. The zero-order valence-corrected chi connectivity index (χ0v) is 19.7. The maximum absolute atomic E-state index is 11.9. The van der Waals surface area contributed by atoms with E-state index >= 15 is 0 Å². The number of fused-ring (bicyclic) bond motifs is 3. The molecular formula is C23H25ClN6O4. The summed E-state index contributed by atoms with van der Waals surface area (Å²) in [7, 11) is 0. The second-order valence-electron chi connectivity index (χ2n) is 8.38. The van der Waals surface area contributed by atoms with Crippen molar-refractivity contribution in [3.8, 4) is 11.8 Å². The number of rotatable bonds is 9. The Morgan fingerprint density at radius 3 is 2.68 bits per heavy atom. The van der Waals surface area contributed by atoms with Crippen molar-refractivity contribution in [2.45, 2.75) is 32.8 Å². The topological polar surface area (TPSA) is 148 Å². The van der Waals surface area contributed by atoms with Crippen LogP contribution in [0.5, 0.6) is 11.8 Å². The van der Waals surface area contributed by atoms with Gasteiger partial charge in [-0.2, -0.15) is 4.98 Å². The van der Waals surface area contributed by atoms with Crippen LogP contribution in [-0.2, 0) is 0 Å². The highest BCUT2D eigenvalue weighted by molar-refractivity contribution is 6.28. The first kappa shape index (κ1) is 23.5. The van der Waals surface area contributed by atoms with Crippen molar-refractivity contribution in [3.05, 3.63) is 41.4 Å². The van der Waals surface area contributed by atoms with Crippen molar-refractivity contribution < 1.29 is 19.1 Å². The monoisotopic (exact) mass is 484 g/mol. The molecule has 178 valence electrons. The highest BCUT2D eigenvalue weighted by Crippen LogP contribution is 2.37. The van der Waals surface area contributed by atoms with E-state index in [2.05, 4.69) is 25.6 Å². The van der Waals surface area contributed by atoms with Crippen molar-refractivity contribution in [3.63, 3.8) is 0 Å². The number of amides is 1. The van der Waals surface area contributed by atoms with Crippen LogP contribution in [0.4, 0.5) is 11.5 Å². The highest BCUT2D eigenvalue weighted by atomic mass is 35.5. The SMILES string of the molecule is CCCNc1c(C(N)=O)oc2ccc3nc(Oc4cc(NCC(C)(C)O)nc(Cl)n4)ccc3c12. The van der Waals surface area contributed by atoms with Crippen LogP contribution in [0, 0.1) is 0 Å². The summed E-state index contributed by atoms with van der Waals surface area (Å²) in [6.45, 7) is 6.28. The molecule has 4 aromatic rings. The van der Waals surface area contributed by atoms with E-state index < -0.39 is 11.5 Å². The number of aromatic nitrogens is 3. The molecular weight excluding hydrogens is 460 g/mol. The Morgan fingerprint density at radius 1 is 1.18 bits per heavy atom. The summed E-state index contributed by atoms with van der Waals surface area (Å²) in [6.07, 6.45) is 0.861. The molecule has 0 aliphatic rings. The first-order valence-corrected chi connectivity index (χ1v) is 11.1. The summed E-state index contributed by atoms with van der Waals surface area (Å²) in [4.78, 5) is 24.7. The van der Waals surface area contributed by atoms with Crippen molar-refractivity contribution in [1.82, 2.24) is 15.0 Å². The lowest BCUT2D eigenvalue weighted by Crippen LogP contribution is -2.29. The maximum Gasteiger partial charge on any atom is 0.286 e. The van der Waals surface area contributed by atoms with Crippen LogP contribution in [0.1, 0.15) is 37.7 Å². The fourth-order valence-corrected chi connectivity index (χ4v) is 3.56. The summed E-state index contributed by atoms with van der Waals surface area (Å²) in [5.41, 5.74) is 6.30. The molecule has 0 aliphatic carbocycles. The number of nitrogens with two attached hydrogens (primary N) is 1. The number of nitrogens with zero attached hydrogens (tertiary/aromatic N) is 3. The fraction of sp³-hybridized carbons (Fsp3) is 0.304. The summed E-state index contributed by atoms with van der Waals surface area (Å²) >= 11 is 6.03. The summed E-state index contributed by atoms with van der Waals surface area (Å²) in [6, 6.07) is 8.58. The summed E-state index contributed by atoms with van der Waals surface area (Å²) < 4.78 is 11.5. The minimum atomic E-state index is -0.935. The molecule has 5 N–H and O–H groups in total. The molecule has 0 bridgehead atoms. The van der Waals surface area contributed by atoms with Crippen LogP contribution in [0.25, 0.3) is 21.9 Å². The quantitative estimate of drug-likeness (QED) is 0.255. The Labute approximate surface area is 200 Å². The predicted molar refractivity (Wildman–Crippen MR) is 131 cm³/mol. The molecule has 0 fully saturated rings. The molecule has 11 heteroatoms. The Balaban J connectivity index is 1.69. The molecule has 34 heavy (non-hydrogen) atoms. The van der Waals surface area contributed by atoms with Crippen LogP contribution in [-0.4, -0.2) is 44.7 Å². The lowest BCUT2D eigenvalue weighted by molar-refractivity contribution is 0.0942. The second kappa shape index (κ2) is 9.32. The number of pyridine rings is 1. The molecule has 1 amide bonds. The van der Waals surface area contributed by atoms with Gasteiger partial charge >= 0.3 is 0 Å². The molecule has 0 atom stereocenters. The molecule has 0 saturated carbocycles. The third kappa shape index (κ3) is 5.13. The molecule has 3 aromatic heterocycles. The number of nitrogens with one attached hydrogen (secondary N) is 2. The first-order chi connectivity index (χ1) is 16.1. The van der Waals surface area contributed by atoms with E-state index in [1.54, 1.807) is 38.1 Å². The van der Waals surface area contributed by atoms with Gasteiger partial charge in [-0.25, -0.2) is 9.97 Å². The number of halogens is 1. The van der Waals surface area contributed by atoms with Crippen molar-refractivity contribution in [2.75, 3.05) is 23.7 Å². The lowest BCUT2D eigenvalue weighted by atomic mass is 10.1. The number of carbonyl (C=O) groups excluding carboxylic acids is 1. The van der Waals surface area contributed by atoms with Crippen LogP contribution in [0.15, 0.2) is 34.7 Å². The van der Waals surface area contributed by atoms with Crippen LogP contribution >= 0.6 is 11.6 Å². The van der Waals surface area contributed by atoms with Gasteiger partial charge in [0.15, 0.2) is 0 Å². The van der Waals surface area contributed by atoms with Gasteiger partial charge in [0.1, 0.15) is 11.4 Å². The van der Waals surface area contributed by atoms with E-state index in [0.717, 1.165) is 17.2 Å². The van der Waals surface area contributed by atoms with E-state index in [-0.39, 0.29) is 29.3 Å². The Hall–Kier alpha value is -3.63. The third-order valence-corrected chi connectivity index (χ3v) is 5.03. The number of furan rings is 1. The zero-order chi connectivity index (χ0) is 24.5. The molecule has 0 saturated heterocycles. The average molecular weight is 485 g/mol. The van der Waals surface area contributed by atoms with E-state index in [9.17, 15) is 9.90 Å². The van der Waals surface area contributed by atoms with Gasteiger partial charge < -0.3 is 30.6 Å². The number of primary amides is 1. The lowest BCUT2D eigenvalue weighted by Gasteiger charge is -2.18. The van der Waals surface area contributed by atoms with Crippen molar-refractivity contribution in [1.29, 1.82) is 0 Å². The van der Waals surface area contributed by atoms with Gasteiger partial charge in [-0.3, -0.25) is 4.79 Å². The molecule has 1 aromatic carbocycles. The predicted octanol–water partition coefficient (Wildman–Crippen LogP) is 4.32. The van der Waals surface area contributed by atoms with Gasteiger partial charge in [0.25, 0.3) is 5.91 Å². The van der Waals surface area contributed by atoms with E-state index in [4.69, 9.17) is 26.5 Å². The van der Waals surface area contributed by atoms with Crippen molar-refractivity contribution in [2.24, 2.45) is 5.73 Å². The summed E-state index contributed by atoms with van der Waals surface area (Å²) in [5.74, 6) is 0.319. The van der Waals surface area contributed by atoms with Gasteiger partial charge in [0.2, 0.25) is 22.8 Å². The average Bonchev–Trinajstić information content (AvgIpc) is 3.14. The zero-order valence-electron chi connectivity index (χ0n) is 19.0. The van der Waals surface area contributed by atoms with Crippen molar-refractivity contribution >= 4 is 50.9 Å². The van der Waals surface area contributed by atoms with Crippen LogP contribution < -0.4 is 21.1 Å². The Bertz CT molecular complexity index is 1370. The number of anilines is 2. The molecule has 0 aliphatic heterocycles. The number of aliphatic hydroxyl groups is 1. The number of benzene rings is 1. The second-order valence-corrected chi connectivity index (χ2v) is 8.72. The molecule has 0 radical (unpaired) electrons. The maximum atomic E-state index is 11.9. The number of carbonyl (C=O) groups is 1. The van der Waals surface area contributed by atoms with Gasteiger partial charge in [0.05, 0.1) is 22.2 Å². The molecule has 10 nitrogen and oxygen atoms in total. The minimum absolute atomic E-state index is 0.0118. The van der Waals surface area contributed by atoms with Gasteiger partial charge in [-0.15, -0.1) is 0 Å².